The van der Waals surface area contributed by atoms with Gasteiger partial charge in [0, 0.05) is 34.9 Å². The molecule has 8 nitrogen and oxygen atoms in total. The molecule has 1 amide bonds. The molecule has 2 aromatic carbocycles. The lowest BCUT2D eigenvalue weighted by Gasteiger charge is -2.09. The quantitative estimate of drug-likeness (QED) is 0.455. The number of nitrogens with zero attached hydrogens (tertiary/aromatic N) is 2. The highest BCUT2D eigenvalue weighted by Crippen LogP contribution is 2.20. The summed E-state index contributed by atoms with van der Waals surface area (Å²) in [5.41, 5.74) is 0.447. The first kappa shape index (κ1) is 19.8. The predicted molar refractivity (Wildman–Crippen MR) is 115 cm³/mol. The van der Waals surface area contributed by atoms with Gasteiger partial charge in [-0.25, -0.2) is 18.4 Å². The minimum Gasteiger partial charge on any atom is -0.468 e. The van der Waals surface area contributed by atoms with Crippen molar-refractivity contribution in [3.63, 3.8) is 0 Å². The number of hydrogen-bond acceptors (Lipinski definition) is 7. The van der Waals surface area contributed by atoms with Crippen LogP contribution in [0.3, 0.4) is 0 Å². The molecule has 0 spiro atoms. The minimum atomic E-state index is -3.74. The molecule has 0 aliphatic rings. The number of thiazole rings is 1. The molecule has 0 atom stereocenters. The van der Waals surface area contributed by atoms with Crippen molar-refractivity contribution in [2.45, 2.75) is 4.90 Å². The molecule has 0 fully saturated rings. The number of anilines is 2. The van der Waals surface area contributed by atoms with E-state index in [0.717, 1.165) is 10.8 Å². The summed E-state index contributed by atoms with van der Waals surface area (Å²) in [5.74, 6) is -0.0416. The molecule has 2 heterocycles. The molecule has 0 saturated heterocycles. The first-order valence-corrected chi connectivity index (χ1v) is 11.2. The van der Waals surface area contributed by atoms with Gasteiger partial charge in [-0.2, -0.15) is 0 Å². The van der Waals surface area contributed by atoms with Crippen molar-refractivity contribution in [1.82, 2.24) is 9.97 Å². The molecule has 0 bridgehead atoms. The number of fused-ring (bicyclic) bond motifs is 1. The first-order valence-electron chi connectivity index (χ1n) is 8.79. The van der Waals surface area contributed by atoms with Crippen LogP contribution in [0.1, 0.15) is 0 Å². The van der Waals surface area contributed by atoms with Gasteiger partial charge in [-0.1, -0.05) is 24.3 Å². The molecular weight excluding hydrogens is 424 g/mol. The number of rotatable bonds is 7. The number of nitrogens with one attached hydrogen (secondary N) is 2. The molecule has 0 saturated carbocycles. The molecule has 2 aromatic heterocycles. The second-order valence-corrected chi connectivity index (χ2v) is 8.75. The maximum atomic E-state index is 12.3. The summed E-state index contributed by atoms with van der Waals surface area (Å²) in [6.07, 6.45) is 3.19. The Kier molecular flexibility index (Phi) is 5.59. The lowest BCUT2D eigenvalue weighted by molar-refractivity contribution is -0.118. The molecule has 4 rings (SSSR count). The van der Waals surface area contributed by atoms with Crippen molar-refractivity contribution in [2.75, 3.05) is 16.6 Å². The number of hydrogen-bond donors (Lipinski definition) is 2. The van der Waals surface area contributed by atoms with Crippen molar-refractivity contribution >= 4 is 48.9 Å². The van der Waals surface area contributed by atoms with Gasteiger partial charge in [0.2, 0.25) is 5.88 Å². The second-order valence-electron chi connectivity index (χ2n) is 6.17. The maximum Gasteiger partial charge on any atom is 0.263 e. The Morgan fingerprint density at radius 3 is 2.53 bits per heavy atom. The van der Waals surface area contributed by atoms with Crippen LogP contribution in [0, 0.1) is 0 Å². The van der Waals surface area contributed by atoms with Crippen LogP contribution < -0.4 is 14.8 Å². The van der Waals surface area contributed by atoms with Crippen LogP contribution in [0.2, 0.25) is 0 Å². The Balaban J connectivity index is 1.35. The van der Waals surface area contributed by atoms with Crippen LogP contribution >= 0.6 is 11.3 Å². The zero-order valence-electron chi connectivity index (χ0n) is 15.5. The van der Waals surface area contributed by atoms with Gasteiger partial charge in [-0.15, -0.1) is 11.3 Å². The SMILES string of the molecule is O=C(COc1cc2ccccc2cn1)Nc1ccc(S(=O)(=O)Nc2nccs2)cc1. The van der Waals surface area contributed by atoms with Crippen molar-refractivity contribution in [2.24, 2.45) is 0 Å². The lowest BCUT2D eigenvalue weighted by atomic mass is 10.2. The van der Waals surface area contributed by atoms with Gasteiger partial charge in [-0.3, -0.25) is 9.52 Å². The van der Waals surface area contributed by atoms with Crippen LogP contribution in [0.25, 0.3) is 10.8 Å². The fourth-order valence-electron chi connectivity index (χ4n) is 2.64. The van der Waals surface area contributed by atoms with Gasteiger partial charge < -0.3 is 10.1 Å². The summed E-state index contributed by atoms with van der Waals surface area (Å²) in [7, 11) is -3.74. The van der Waals surface area contributed by atoms with Gasteiger partial charge in [0.25, 0.3) is 15.9 Å². The molecule has 4 aromatic rings. The molecule has 0 aliphatic heterocycles. The van der Waals surface area contributed by atoms with E-state index in [4.69, 9.17) is 4.74 Å². The first-order chi connectivity index (χ1) is 14.5. The molecule has 152 valence electrons. The number of carbonyl (C=O) groups excluding carboxylic acids is 1. The van der Waals surface area contributed by atoms with E-state index in [-0.39, 0.29) is 22.5 Å². The smallest absolute Gasteiger partial charge is 0.263 e. The van der Waals surface area contributed by atoms with Crippen LogP contribution in [0.4, 0.5) is 10.8 Å². The van der Waals surface area contributed by atoms with E-state index in [1.54, 1.807) is 17.6 Å². The number of ether oxygens (including phenoxy) is 1. The Bertz CT molecular complexity index is 1270. The van der Waals surface area contributed by atoms with Gasteiger partial charge in [0.15, 0.2) is 11.7 Å². The second kappa shape index (κ2) is 8.47. The van der Waals surface area contributed by atoms with Crippen molar-refractivity contribution in [3.05, 3.63) is 72.4 Å². The van der Waals surface area contributed by atoms with E-state index < -0.39 is 10.0 Å². The van der Waals surface area contributed by atoms with Gasteiger partial charge >= 0.3 is 0 Å². The maximum absolute atomic E-state index is 12.3. The third kappa shape index (κ3) is 4.73. The molecular formula is C20H16N4O4S2. The zero-order valence-corrected chi connectivity index (χ0v) is 17.1. The number of amides is 1. The summed E-state index contributed by atoms with van der Waals surface area (Å²) in [6.45, 7) is -0.225. The fourth-order valence-corrected chi connectivity index (χ4v) is 4.43. The molecule has 0 aliphatic carbocycles. The zero-order chi connectivity index (χ0) is 21.0. The lowest BCUT2D eigenvalue weighted by Crippen LogP contribution is -2.20. The third-order valence-electron chi connectivity index (χ3n) is 4.06. The summed E-state index contributed by atoms with van der Waals surface area (Å²) in [4.78, 5) is 20.3. The Morgan fingerprint density at radius 2 is 1.80 bits per heavy atom. The highest BCUT2D eigenvalue weighted by Gasteiger charge is 2.15. The third-order valence-corrected chi connectivity index (χ3v) is 6.23. The van der Waals surface area contributed by atoms with Crippen LogP contribution in [-0.2, 0) is 14.8 Å². The van der Waals surface area contributed by atoms with Crippen LogP contribution in [-0.4, -0.2) is 30.9 Å². The summed E-state index contributed by atoms with van der Waals surface area (Å²) in [6, 6.07) is 15.3. The number of pyridine rings is 1. The average Bonchev–Trinajstić information content (AvgIpc) is 3.25. The molecule has 2 N–H and O–H groups in total. The standard InChI is InChI=1S/C20H16N4O4S2/c25-18(13-28-19-11-14-3-1-2-4-15(14)12-22-19)23-16-5-7-17(8-6-16)30(26,27)24-20-21-9-10-29-20/h1-12H,13H2,(H,21,24)(H,23,25). The van der Waals surface area contributed by atoms with Crippen molar-refractivity contribution < 1.29 is 17.9 Å². The van der Waals surface area contributed by atoms with Gasteiger partial charge in [0.05, 0.1) is 4.90 Å². The Labute approximate surface area is 176 Å². The van der Waals surface area contributed by atoms with Gasteiger partial charge in [0.1, 0.15) is 0 Å². The number of carbonyl (C=O) groups is 1. The highest BCUT2D eigenvalue weighted by atomic mass is 32.2. The normalized spacial score (nSPS) is 11.2. The van der Waals surface area contributed by atoms with E-state index in [2.05, 4.69) is 20.0 Å². The summed E-state index contributed by atoms with van der Waals surface area (Å²) >= 11 is 1.18. The molecule has 30 heavy (non-hydrogen) atoms. The largest absolute Gasteiger partial charge is 0.468 e. The van der Waals surface area contributed by atoms with Crippen LogP contribution in [0.5, 0.6) is 5.88 Å². The van der Waals surface area contributed by atoms with E-state index >= 15 is 0 Å². The average molecular weight is 441 g/mol. The monoisotopic (exact) mass is 440 g/mol. The molecule has 10 heteroatoms. The summed E-state index contributed by atoms with van der Waals surface area (Å²) < 4.78 is 32.5. The van der Waals surface area contributed by atoms with Crippen molar-refractivity contribution in [3.8, 4) is 5.88 Å². The molecule has 0 unspecified atom stereocenters. The Hall–Kier alpha value is -3.50. The van der Waals surface area contributed by atoms with Crippen LogP contribution in [0.15, 0.2) is 77.3 Å². The number of sulfonamides is 1. The topological polar surface area (TPSA) is 110 Å². The van der Waals surface area contributed by atoms with E-state index in [0.29, 0.717) is 11.6 Å². The Morgan fingerprint density at radius 1 is 1.03 bits per heavy atom. The minimum absolute atomic E-state index is 0.0623. The fraction of sp³-hybridized carbons (Fsp3) is 0.0500. The number of benzene rings is 2. The van der Waals surface area contributed by atoms with Gasteiger partial charge in [-0.05, 0) is 29.7 Å². The van der Waals surface area contributed by atoms with E-state index in [1.165, 1.54) is 41.8 Å². The number of aromatic nitrogens is 2. The molecule has 0 radical (unpaired) electrons. The van der Waals surface area contributed by atoms with E-state index in [9.17, 15) is 13.2 Å². The van der Waals surface area contributed by atoms with E-state index in [1.807, 2.05) is 24.3 Å². The highest BCUT2D eigenvalue weighted by molar-refractivity contribution is 7.93. The van der Waals surface area contributed by atoms with Crippen molar-refractivity contribution in [1.29, 1.82) is 0 Å². The summed E-state index contributed by atoms with van der Waals surface area (Å²) in [5, 5.41) is 6.56. The predicted octanol–water partition coefficient (Wildman–Crippen LogP) is 3.51.